The van der Waals surface area contributed by atoms with Crippen molar-refractivity contribution in [2.45, 2.75) is 65.2 Å². The number of hydrogen-bond acceptors (Lipinski definition) is 2. The van der Waals surface area contributed by atoms with Gasteiger partial charge in [0.1, 0.15) is 0 Å². The highest BCUT2D eigenvalue weighted by Crippen LogP contribution is 2.30. The van der Waals surface area contributed by atoms with Crippen LogP contribution >= 0.6 is 0 Å². The zero-order valence-electron chi connectivity index (χ0n) is 16.1. The highest BCUT2D eigenvalue weighted by molar-refractivity contribution is 5.95. The molecule has 0 spiro atoms. The molecular formula is C22H32N2O2. The van der Waals surface area contributed by atoms with Crippen LogP contribution in [0.1, 0.15) is 65.2 Å². The Hall–Kier alpha value is -1.84. The van der Waals surface area contributed by atoms with E-state index in [9.17, 15) is 9.59 Å². The maximum absolute atomic E-state index is 12.5. The van der Waals surface area contributed by atoms with Crippen LogP contribution in [0.25, 0.3) is 0 Å². The van der Waals surface area contributed by atoms with E-state index in [1.165, 1.54) is 0 Å². The van der Waals surface area contributed by atoms with E-state index in [2.05, 4.69) is 24.5 Å². The van der Waals surface area contributed by atoms with Crippen LogP contribution in [-0.2, 0) is 9.59 Å². The van der Waals surface area contributed by atoms with Crippen molar-refractivity contribution in [3.05, 3.63) is 24.3 Å². The Morgan fingerprint density at radius 1 is 0.731 bits per heavy atom. The van der Waals surface area contributed by atoms with E-state index in [1.807, 2.05) is 24.3 Å². The number of nitrogens with one attached hydrogen (secondary N) is 2. The molecule has 0 atom stereocenters. The van der Waals surface area contributed by atoms with E-state index in [0.717, 1.165) is 74.6 Å². The Bertz CT molecular complexity index is 576. The monoisotopic (exact) mass is 356 g/mol. The van der Waals surface area contributed by atoms with Crippen molar-refractivity contribution >= 4 is 23.2 Å². The molecule has 0 unspecified atom stereocenters. The maximum atomic E-state index is 12.5. The Kier molecular flexibility index (Phi) is 6.33. The van der Waals surface area contributed by atoms with Gasteiger partial charge in [-0.3, -0.25) is 9.59 Å². The maximum Gasteiger partial charge on any atom is 0.227 e. The second-order valence-corrected chi connectivity index (χ2v) is 8.47. The zero-order chi connectivity index (χ0) is 18.5. The average Bonchev–Trinajstić information content (AvgIpc) is 2.63. The first kappa shape index (κ1) is 18.9. The van der Waals surface area contributed by atoms with Crippen LogP contribution in [0.15, 0.2) is 24.3 Å². The van der Waals surface area contributed by atoms with Crippen LogP contribution in [0.3, 0.4) is 0 Å². The lowest BCUT2D eigenvalue weighted by Gasteiger charge is -2.26. The Morgan fingerprint density at radius 3 is 1.50 bits per heavy atom. The van der Waals surface area contributed by atoms with Crippen molar-refractivity contribution in [2.75, 3.05) is 10.6 Å². The molecule has 1 aromatic rings. The summed E-state index contributed by atoms with van der Waals surface area (Å²) >= 11 is 0. The first-order valence-electron chi connectivity index (χ1n) is 10.2. The van der Waals surface area contributed by atoms with Gasteiger partial charge in [0, 0.05) is 23.2 Å². The van der Waals surface area contributed by atoms with Crippen LogP contribution < -0.4 is 10.6 Å². The molecule has 4 nitrogen and oxygen atoms in total. The quantitative estimate of drug-likeness (QED) is 0.777. The predicted octanol–water partition coefficient (Wildman–Crippen LogP) is 5.22. The van der Waals surface area contributed by atoms with E-state index in [0.29, 0.717) is 0 Å². The first-order chi connectivity index (χ1) is 12.5. The third-order valence-electron chi connectivity index (χ3n) is 6.17. The van der Waals surface area contributed by atoms with Gasteiger partial charge in [0.25, 0.3) is 0 Å². The minimum absolute atomic E-state index is 0.113. The minimum Gasteiger partial charge on any atom is -0.326 e. The molecule has 0 aromatic heterocycles. The van der Waals surface area contributed by atoms with Gasteiger partial charge >= 0.3 is 0 Å². The highest BCUT2D eigenvalue weighted by Gasteiger charge is 2.25. The fourth-order valence-electron chi connectivity index (χ4n) is 4.21. The van der Waals surface area contributed by atoms with Crippen molar-refractivity contribution in [3.8, 4) is 0 Å². The van der Waals surface area contributed by atoms with Crippen LogP contribution in [0.5, 0.6) is 0 Å². The minimum atomic E-state index is 0.113. The molecule has 2 aliphatic rings. The molecule has 0 aliphatic heterocycles. The standard InChI is InChI=1S/C22H32N2O2/c1-15-6-10-17(11-7-15)21(25)23-19-4-3-5-20(14-19)24-22(26)18-12-8-16(2)9-13-18/h3-5,14-18H,6-13H2,1-2H3,(H,23,25)(H,24,26). The Balaban J connectivity index is 1.54. The molecule has 0 bridgehead atoms. The van der Waals surface area contributed by atoms with E-state index in [1.54, 1.807) is 0 Å². The van der Waals surface area contributed by atoms with Crippen LogP contribution in [0.4, 0.5) is 11.4 Å². The second kappa shape index (κ2) is 8.70. The summed E-state index contributed by atoms with van der Waals surface area (Å²) in [5.41, 5.74) is 1.53. The normalized spacial score (nSPS) is 29.0. The number of hydrogen-bond donors (Lipinski definition) is 2. The van der Waals surface area contributed by atoms with Gasteiger partial charge in [-0.1, -0.05) is 19.9 Å². The molecule has 2 saturated carbocycles. The lowest BCUT2D eigenvalue weighted by atomic mass is 9.82. The van der Waals surface area contributed by atoms with Crippen molar-refractivity contribution in [1.82, 2.24) is 0 Å². The molecule has 2 aliphatic carbocycles. The van der Waals surface area contributed by atoms with Gasteiger partial charge in [0.05, 0.1) is 0 Å². The molecule has 2 fully saturated rings. The molecule has 142 valence electrons. The van der Waals surface area contributed by atoms with Crippen molar-refractivity contribution in [1.29, 1.82) is 0 Å². The van der Waals surface area contributed by atoms with Crippen molar-refractivity contribution in [3.63, 3.8) is 0 Å². The number of benzene rings is 1. The summed E-state index contributed by atoms with van der Waals surface area (Å²) in [5, 5.41) is 6.07. The molecule has 26 heavy (non-hydrogen) atoms. The Labute approximate surface area is 157 Å². The third-order valence-corrected chi connectivity index (χ3v) is 6.17. The number of carbonyl (C=O) groups is 2. The summed E-state index contributed by atoms with van der Waals surface area (Å²) in [7, 11) is 0. The molecule has 1 aromatic carbocycles. The number of anilines is 2. The smallest absolute Gasteiger partial charge is 0.227 e. The summed E-state index contributed by atoms with van der Waals surface area (Å²) in [5.74, 6) is 1.94. The molecule has 0 heterocycles. The van der Waals surface area contributed by atoms with Crippen LogP contribution in [0, 0.1) is 23.7 Å². The summed E-state index contributed by atoms with van der Waals surface area (Å²) in [6.45, 7) is 4.51. The first-order valence-corrected chi connectivity index (χ1v) is 10.2. The lowest BCUT2D eigenvalue weighted by Crippen LogP contribution is -2.27. The van der Waals surface area contributed by atoms with Gasteiger partial charge in [0.2, 0.25) is 11.8 Å². The van der Waals surface area contributed by atoms with Gasteiger partial charge in [-0.05, 0) is 81.4 Å². The topological polar surface area (TPSA) is 58.2 Å². The molecule has 0 saturated heterocycles. The van der Waals surface area contributed by atoms with E-state index in [-0.39, 0.29) is 23.7 Å². The van der Waals surface area contributed by atoms with Gasteiger partial charge in [-0.2, -0.15) is 0 Å². The molecule has 4 heteroatoms. The number of rotatable bonds is 4. The summed E-state index contributed by atoms with van der Waals surface area (Å²) in [4.78, 5) is 25.0. The third kappa shape index (κ3) is 5.09. The fraction of sp³-hybridized carbons (Fsp3) is 0.636. The van der Waals surface area contributed by atoms with Crippen molar-refractivity contribution in [2.24, 2.45) is 23.7 Å². The number of amides is 2. The van der Waals surface area contributed by atoms with Crippen LogP contribution in [-0.4, -0.2) is 11.8 Å². The van der Waals surface area contributed by atoms with Gasteiger partial charge in [-0.25, -0.2) is 0 Å². The fourth-order valence-corrected chi connectivity index (χ4v) is 4.21. The largest absolute Gasteiger partial charge is 0.326 e. The summed E-state index contributed by atoms with van der Waals surface area (Å²) in [6, 6.07) is 7.53. The molecular weight excluding hydrogens is 324 g/mol. The predicted molar refractivity (Wildman–Crippen MR) is 106 cm³/mol. The van der Waals surface area contributed by atoms with Gasteiger partial charge in [0.15, 0.2) is 0 Å². The van der Waals surface area contributed by atoms with E-state index < -0.39 is 0 Å². The van der Waals surface area contributed by atoms with E-state index >= 15 is 0 Å². The Morgan fingerprint density at radius 2 is 1.12 bits per heavy atom. The highest BCUT2D eigenvalue weighted by atomic mass is 16.2. The lowest BCUT2D eigenvalue weighted by molar-refractivity contribution is -0.121. The van der Waals surface area contributed by atoms with Gasteiger partial charge < -0.3 is 10.6 Å². The average molecular weight is 357 g/mol. The SMILES string of the molecule is CC1CCC(C(=O)Nc2cccc(NC(=O)C3CCC(C)CC3)c2)CC1. The van der Waals surface area contributed by atoms with Crippen LogP contribution in [0.2, 0.25) is 0 Å². The summed E-state index contributed by atoms with van der Waals surface area (Å²) < 4.78 is 0. The van der Waals surface area contributed by atoms with E-state index in [4.69, 9.17) is 0 Å². The van der Waals surface area contributed by atoms with Gasteiger partial charge in [-0.15, -0.1) is 0 Å². The molecule has 2 N–H and O–H groups in total. The van der Waals surface area contributed by atoms with Crippen molar-refractivity contribution < 1.29 is 9.59 Å². The number of carbonyl (C=O) groups excluding carboxylic acids is 2. The summed E-state index contributed by atoms with van der Waals surface area (Å²) in [6.07, 6.45) is 8.44. The second-order valence-electron chi connectivity index (χ2n) is 8.47. The molecule has 0 radical (unpaired) electrons. The molecule has 2 amide bonds. The molecule has 3 rings (SSSR count). The zero-order valence-corrected chi connectivity index (χ0v) is 16.1.